The molecule has 3 amide bonds. The number of anilines is 2. The average Bonchev–Trinajstić information content (AvgIpc) is 2.77. The quantitative estimate of drug-likeness (QED) is 0.342. The van der Waals surface area contributed by atoms with E-state index in [4.69, 9.17) is 11.6 Å². The number of urea groups is 1. The molecule has 0 heterocycles. The van der Waals surface area contributed by atoms with E-state index in [1.165, 1.54) is 17.0 Å². The van der Waals surface area contributed by atoms with Gasteiger partial charge in [-0.25, -0.2) is 4.79 Å². The summed E-state index contributed by atoms with van der Waals surface area (Å²) < 4.78 is 39.5. The second kappa shape index (κ2) is 13.1. The van der Waals surface area contributed by atoms with E-state index in [1.807, 2.05) is 0 Å². The van der Waals surface area contributed by atoms with E-state index in [2.05, 4.69) is 17.6 Å². The van der Waals surface area contributed by atoms with Gasteiger partial charge < -0.3 is 10.6 Å². The van der Waals surface area contributed by atoms with Crippen molar-refractivity contribution in [1.82, 2.24) is 5.32 Å². The maximum absolute atomic E-state index is 13.2. The molecule has 0 unspecified atom stereocenters. The standard InChI is InChI=1S/C24H29ClF3N3O2/c1-2-3-4-5-6-10-22(32)29-15-16-31(21-9-7-8-18(17-21)24(26,27)28)23(33)30-20-13-11-19(25)12-14-20/h7-9,11-14,17H,2-6,10,15-16H2,1H3,(H,29,32)(H,30,33). The van der Waals surface area contributed by atoms with Gasteiger partial charge >= 0.3 is 12.2 Å². The highest BCUT2D eigenvalue weighted by Crippen LogP contribution is 2.31. The van der Waals surface area contributed by atoms with Gasteiger partial charge in [-0.3, -0.25) is 9.69 Å². The molecular formula is C24H29ClF3N3O2. The Morgan fingerprint density at radius 3 is 2.36 bits per heavy atom. The molecule has 0 saturated heterocycles. The lowest BCUT2D eigenvalue weighted by atomic mass is 10.1. The van der Waals surface area contributed by atoms with Crippen LogP contribution in [0.15, 0.2) is 48.5 Å². The minimum atomic E-state index is -4.54. The van der Waals surface area contributed by atoms with E-state index in [0.29, 0.717) is 17.1 Å². The molecule has 0 radical (unpaired) electrons. The number of carbonyl (C=O) groups is 2. The van der Waals surface area contributed by atoms with Crippen molar-refractivity contribution < 1.29 is 22.8 Å². The number of hydrogen-bond acceptors (Lipinski definition) is 2. The molecule has 0 bridgehead atoms. The van der Waals surface area contributed by atoms with Gasteiger partial charge in [-0.2, -0.15) is 13.2 Å². The summed E-state index contributed by atoms with van der Waals surface area (Å²) >= 11 is 5.86. The Hall–Kier alpha value is -2.74. The lowest BCUT2D eigenvalue weighted by Crippen LogP contribution is -2.41. The molecule has 2 aromatic carbocycles. The number of rotatable bonds is 11. The first-order chi connectivity index (χ1) is 15.7. The van der Waals surface area contributed by atoms with E-state index in [0.717, 1.165) is 44.2 Å². The number of nitrogens with one attached hydrogen (secondary N) is 2. The summed E-state index contributed by atoms with van der Waals surface area (Å²) in [4.78, 5) is 26.1. The van der Waals surface area contributed by atoms with E-state index in [9.17, 15) is 22.8 Å². The second-order valence-electron chi connectivity index (χ2n) is 7.65. The molecule has 0 aliphatic rings. The number of benzene rings is 2. The fourth-order valence-corrected chi connectivity index (χ4v) is 3.33. The van der Waals surface area contributed by atoms with Gasteiger partial charge in [0.1, 0.15) is 0 Å². The van der Waals surface area contributed by atoms with Crippen molar-refractivity contribution in [2.24, 2.45) is 0 Å². The minimum absolute atomic E-state index is 0.00229. The van der Waals surface area contributed by atoms with Gasteiger partial charge in [0.15, 0.2) is 0 Å². The number of nitrogens with zero attached hydrogens (tertiary/aromatic N) is 1. The van der Waals surface area contributed by atoms with Crippen LogP contribution < -0.4 is 15.5 Å². The maximum Gasteiger partial charge on any atom is 0.416 e. The molecule has 180 valence electrons. The van der Waals surface area contributed by atoms with Crippen LogP contribution in [0.4, 0.5) is 29.3 Å². The predicted molar refractivity (Wildman–Crippen MR) is 126 cm³/mol. The smallest absolute Gasteiger partial charge is 0.354 e. The SMILES string of the molecule is CCCCCCCC(=O)NCCN(C(=O)Nc1ccc(Cl)cc1)c1cccc(C(F)(F)F)c1. The fourth-order valence-electron chi connectivity index (χ4n) is 3.21. The third-order valence-electron chi connectivity index (χ3n) is 4.99. The monoisotopic (exact) mass is 483 g/mol. The van der Waals surface area contributed by atoms with Crippen molar-refractivity contribution >= 4 is 34.9 Å². The summed E-state index contributed by atoms with van der Waals surface area (Å²) in [6.07, 6.45) is 0.926. The molecule has 0 spiro atoms. The third-order valence-corrected chi connectivity index (χ3v) is 5.24. The Bertz CT molecular complexity index is 905. The van der Waals surface area contributed by atoms with Crippen molar-refractivity contribution in [3.8, 4) is 0 Å². The first-order valence-corrected chi connectivity index (χ1v) is 11.4. The van der Waals surface area contributed by atoms with E-state index >= 15 is 0 Å². The first-order valence-electron chi connectivity index (χ1n) is 11.0. The van der Waals surface area contributed by atoms with Crippen LogP contribution >= 0.6 is 11.6 Å². The molecule has 2 aromatic rings. The van der Waals surface area contributed by atoms with Gasteiger partial charge in [-0.05, 0) is 48.9 Å². The molecule has 0 aromatic heterocycles. The van der Waals surface area contributed by atoms with E-state index in [-0.39, 0.29) is 24.7 Å². The second-order valence-corrected chi connectivity index (χ2v) is 8.09. The van der Waals surface area contributed by atoms with Crippen LogP contribution in [0.3, 0.4) is 0 Å². The van der Waals surface area contributed by atoms with Crippen molar-refractivity contribution in [2.45, 2.75) is 51.6 Å². The Morgan fingerprint density at radius 1 is 1.00 bits per heavy atom. The number of amides is 3. The molecule has 0 aliphatic heterocycles. The van der Waals surface area contributed by atoms with Gasteiger partial charge in [0, 0.05) is 35.9 Å². The number of alkyl halides is 3. The zero-order valence-electron chi connectivity index (χ0n) is 18.6. The zero-order chi connectivity index (χ0) is 24.3. The molecule has 2 N–H and O–H groups in total. The summed E-state index contributed by atoms with van der Waals surface area (Å²) in [5.74, 6) is -0.145. The molecule has 9 heteroatoms. The Balaban J connectivity index is 2.05. The summed E-state index contributed by atoms with van der Waals surface area (Å²) in [7, 11) is 0. The van der Waals surface area contributed by atoms with Crippen LogP contribution in [0.1, 0.15) is 51.0 Å². The lowest BCUT2D eigenvalue weighted by Gasteiger charge is -2.24. The molecule has 2 rings (SSSR count). The minimum Gasteiger partial charge on any atom is -0.354 e. The number of halogens is 4. The Morgan fingerprint density at radius 2 is 1.70 bits per heavy atom. The van der Waals surface area contributed by atoms with Crippen LogP contribution in [0, 0.1) is 0 Å². The van der Waals surface area contributed by atoms with Crippen LogP contribution in [-0.4, -0.2) is 25.0 Å². The first kappa shape index (κ1) is 26.5. The van der Waals surface area contributed by atoms with Crippen LogP contribution in [-0.2, 0) is 11.0 Å². The van der Waals surface area contributed by atoms with Crippen LogP contribution in [0.2, 0.25) is 5.02 Å². The number of unbranched alkanes of at least 4 members (excludes halogenated alkanes) is 4. The van der Waals surface area contributed by atoms with Crippen molar-refractivity contribution in [1.29, 1.82) is 0 Å². The molecule has 33 heavy (non-hydrogen) atoms. The lowest BCUT2D eigenvalue weighted by molar-refractivity contribution is -0.137. The Kier molecular flexibility index (Phi) is 10.5. The van der Waals surface area contributed by atoms with Crippen molar-refractivity contribution in [3.63, 3.8) is 0 Å². The summed E-state index contributed by atoms with van der Waals surface area (Å²) in [6, 6.07) is 10.3. The summed E-state index contributed by atoms with van der Waals surface area (Å²) in [5.41, 5.74) is -0.344. The van der Waals surface area contributed by atoms with Crippen molar-refractivity contribution in [2.75, 3.05) is 23.3 Å². The molecule has 0 saturated carbocycles. The predicted octanol–water partition coefficient (Wildman–Crippen LogP) is 6.87. The van der Waals surface area contributed by atoms with Gasteiger partial charge in [-0.15, -0.1) is 0 Å². The van der Waals surface area contributed by atoms with E-state index < -0.39 is 17.8 Å². The largest absolute Gasteiger partial charge is 0.416 e. The zero-order valence-corrected chi connectivity index (χ0v) is 19.3. The van der Waals surface area contributed by atoms with Crippen LogP contribution in [0.5, 0.6) is 0 Å². The van der Waals surface area contributed by atoms with E-state index in [1.54, 1.807) is 24.3 Å². The van der Waals surface area contributed by atoms with Gasteiger partial charge in [-0.1, -0.05) is 50.3 Å². The molecule has 5 nitrogen and oxygen atoms in total. The van der Waals surface area contributed by atoms with Gasteiger partial charge in [0.2, 0.25) is 5.91 Å². The molecular weight excluding hydrogens is 455 g/mol. The average molecular weight is 484 g/mol. The maximum atomic E-state index is 13.2. The number of hydrogen-bond donors (Lipinski definition) is 2. The topological polar surface area (TPSA) is 61.4 Å². The molecule has 0 fully saturated rings. The highest BCUT2D eigenvalue weighted by molar-refractivity contribution is 6.30. The molecule has 0 atom stereocenters. The Labute approximate surface area is 197 Å². The normalized spacial score (nSPS) is 11.2. The van der Waals surface area contributed by atoms with Crippen molar-refractivity contribution in [3.05, 3.63) is 59.1 Å². The highest BCUT2D eigenvalue weighted by atomic mass is 35.5. The summed E-state index contributed by atoms with van der Waals surface area (Å²) in [5, 5.41) is 5.88. The fraction of sp³-hybridized carbons (Fsp3) is 0.417. The van der Waals surface area contributed by atoms with Crippen LogP contribution in [0.25, 0.3) is 0 Å². The molecule has 0 aliphatic carbocycles. The third kappa shape index (κ3) is 9.34. The number of carbonyl (C=O) groups excluding carboxylic acids is 2. The van der Waals surface area contributed by atoms with Gasteiger partial charge in [0.05, 0.1) is 5.56 Å². The highest BCUT2D eigenvalue weighted by Gasteiger charge is 2.31. The van der Waals surface area contributed by atoms with Gasteiger partial charge in [0.25, 0.3) is 0 Å². The summed E-state index contributed by atoms with van der Waals surface area (Å²) in [6.45, 7) is 2.23.